The van der Waals surface area contributed by atoms with Crippen molar-refractivity contribution in [1.29, 1.82) is 0 Å². The number of rotatable bonds is 3. The number of aromatic nitrogens is 1. The number of hydrogen-bond acceptors (Lipinski definition) is 3. The van der Waals surface area contributed by atoms with E-state index in [1.807, 2.05) is 29.2 Å². The number of nitrogens with one attached hydrogen (secondary N) is 1. The molecule has 0 bridgehead atoms. The molecule has 4 heteroatoms. The molecule has 0 radical (unpaired) electrons. The van der Waals surface area contributed by atoms with Crippen molar-refractivity contribution >= 4 is 17.3 Å². The molecule has 1 amide bonds. The van der Waals surface area contributed by atoms with E-state index in [0.717, 1.165) is 24.3 Å². The summed E-state index contributed by atoms with van der Waals surface area (Å²) in [5, 5.41) is 3.32. The van der Waals surface area contributed by atoms with E-state index >= 15 is 0 Å². The third kappa shape index (κ3) is 3.45. The van der Waals surface area contributed by atoms with Crippen LogP contribution in [-0.2, 0) is 13.0 Å². The Kier molecular flexibility index (Phi) is 4.40. The monoisotopic (exact) mass is 343 g/mol. The summed E-state index contributed by atoms with van der Waals surface area (Å²) in [5.74, 6) is -0.0124. The van der Waals surface area contributed by atoms with Crippen LogP contribution in [0.5, 0.6) is 0 Å². The van der Waals surface area contributed by atoms with Crippen LogP contribution in [0.25, 0.3) is 0 Å². The van der Waals surface area contributed by atoms with Gasteiger partial charge in [0.2, 0.25) is 0 Å². The summed E-state index contributed by atoms with van der Waals surface area (Å²) >= 11 is 0. The van der Waals surface area contributed by atoms with Crippen molar-refractivity contribution in [2.24, 2.45) is 0 Å². The molecule has 4 rings (SSSR count). The highest BCUT2D eigenvalue weighted by molar-refractivity contribution is 5.92. The predicted octanol–water partition coefficient (Wildman–Crippen LogP) is 4.33. The van der Waals surface area contributed by atoms with E-state index in [0.29, 0.717) is 12.2 Å². The third-order valence-corrected chi connectivity index (χ3v) is 4.71. The number of nitrogens with zero attached hydrogens (tertiary/aromatic N) is 2. The van der Waals surface area contributed by atoms with Gasteiger partial charge >= 0.3 is 0 Å². The fourth-order valence-electron chi connectivity index (χ4n) is 3.31. The molecule has 0 saturated carbocycles. The van der Waals surface area contributed by atoms with Crippen molar-refractivity contribution in [3.8, 4) is 0 Å². The van der Waals surface area contributed by atoms with Crippen LogP contribution >= 0.6 is 0 Å². The lowest BCUT2D eigenvalue weighted by Crippen LogP contribution is -2.36. The van der Waals surface area contributed by atoms with Crippen molar-refractivity contribution in [1.82, 2.24) is 9.88 Å². The molecule has 0 spiro atoms. The van der Waals surface area contributed by atoms with Gasteiger partial charge in [0.05, 0.1) is 11.9 Å². The fraction of sp³-hybridized carbons (Fsp3) is 0.182. The Hall–Kier alpha value is -3.14. The van der Waals surface area contributed by atoms with Gasteiger partial charge in [-0.15, -0.1) is 0 Å². The molecule has 1 N–H and O–H groups in total. The number of carbonyl (C=O) groups excluding carboxylic acids is 1. The minimum atomic E-state index is -0.0124. The molecule has 1 aliphatic heterocycles. The molecular weight excluding hydrogens is 322 g/mol. The maximum Gasteiger partial charge on any atom is 0.272 e. The molecular formula is C22H21N3O. The van der Waals surface area contributed by atoms with E-state index < -0.39 is 0 Å². The van der Waals surface area contributed by atoms with Gasteiger partial charge in [0.25, 0.3) is 5.91 Å². The minimum absolute atomic E-state index is 0.0124. The zero-order chi connectivity index (χ0) is 17.9. The highest BCUT2D eigenvalue weighted by Gasteiger charge is 2.22. The maximum atomic E-state index is 12.8. The van der Waals surface area contributed by atoms with Crippen LogP contribution in [-0.4, -0.2) is 22.3 Å². The quantitative estimate of drug-likeness (QED) is 0.770. The van der Waals surface area contributed by atoms with E-state index in [2.05, 4.69) is 47.6 Å². The van der Waals surface area contributed by atoms with Crippen LogP contribution in [0.3, 0.4) is 0 Å². The number of hydrogen-bond donors (Lipinski definition) is 1. The van der Waals surface area contributed by atoms with E-state index in [1.54, 1.807) is 12.3 Å². The highest BCUT2D eigenvalue weighted by atomic mass is 16.2. The van der Waals surface area contributed by atoms with E-state index in [-0.39, 0.29) is 5.91 Å². The van der Waals surface area contributed by atoms with E-state index in [1.165, 1.54) is 16.7 Å². The largest absolute Gasteiger partial charge is 0.354 e. The molecule has 0 fully saturated rings. The van der Waals surface area contributed by atoms with Crippen molar-refractivity contribution in [2.45, 2.75) is 19.9 Å². The summed E-state index contributed by atoms with van der Waals surface area (Å²) in [5.41, 5.74) is 6.13. The van der Waals surface area contributed by atoms with E-state index in [4.69, 9.17) is 0 Å². The molecule has 3 aromatic rings. The molecule has 2 aromatic carbocycles. The SMILES string of the molecule is Cc1cccc(Nc2ccc(C(=O)N3CCc4ccccc4C3)nc2)c1. The number of amides is 1. The van der Waals surface area contributed by atoms with Crippen LogP contribution in [0.2, 0.25) is 0 Å². The zero-order valence-electron chi connectivity index (χ0n) is 14.8. The van der Waals surface area contributed by atoms with Crippen molar-refractivity contribution in [2.75, 3.05) is 11.9 Å². The van der Waals surface area contributed by atoms with Gasteiger partial charge in [0.1, 0.15) is 5.69 Å². The normalized spacial score (nSPS) is 13.2. The maximum absolute atomic E-state index is 12.8. The number of carbonyl (C=O) groups is 1. The summed E-state index contributed by atoms with van der Waals surface area (Å²) in [6, 6.07) is 20.2. The molecule has 2 heterocycles. The van der Waals surface area contributed by atoms with Gasteiger partial charge in [0, 0.05) is 18.8 Å². The van der Waals surface area contributed by atoms with E-state index in [9.17, 15) is 4.79 Å². The first-order chi connectivity index (χ1) is 12.7. The third-order valence-electron chi connectivity index (χ3n) is 4.71. The number of fused-ring (bicyclic) bond motifs is 1. The van der Waals surface area contributed by atoms with Crippen LogP contribution in [0, 0.1) is 6.92 Å². The Labute approximate surface area is 153 Å². The molecule has 4 nitrogen and oxygen atoms in total. The average Bonchev–Trinajstić information content (AvgIpc) is 2.68. The van der Waals surface area contributed by atoms with Crippen molar-refractivity contribution < 1.29 is 4.79 Å². The lowest BCUT2D eigenvalue weighted by atomic mass is 10.00. The van der Waals surface area contributed by atoms with Crippen LogP contribution in [0.15, 0.2) is 66.9 Å². The second-order valence-corrected chi connectivity index (χ2v) is 6.67. The molecule has 130 valence electrons. The number of aryl methyl sites for hydroxylation is 1. The lowest BCUT2D eigenvalue weighted by Gasteiger charge is -2.28. The fourth-order valence-corrected chi connectivity index (χ4v) is 3.31. The molecule has 0 atom stereocenters. The molecule has 0 saturated heterocycles. The smallest absolute Gasteiger partial charge is 0.272 e. The first-order valence-corrected chi connectivity index (χ1v) is 8.85. The number of benzene rings is 2. The summed E-state index contributed by atoms with van der Waals surface area (Å²) in [6.45, 7) is 3.45. The molecule has 1 aliphatic rings. The Balaban J connectivity index is 1.46. The molecule has 1 aromatic heterocycles. The second kappa shape index (κ2) is 7.00. The molecule has 0 unspecified atom stereocenters. The van der Waals surface area contributed by atoms with Gasteiger partial charge in [-0.2, -0.15) is 0 Å². The predicted molar refractivity (Wildman–Crippen MR) is 104 cm³/mol. The van der Waals surface area contributed by atoms with Gasteiger partial charge in [-0.05, 0) is 54.3 Å². The van der Waals surface area contributed by atoms with Crippen LogP contribution in [0.1, 0.15) is 27.2 Å². The van der Waals surface area contributed by atoms with Crippen molar-refractivity contribution in [3.05, 3.63) is 89.2 Å². The topological polar surface area (TPSA) is 45.2 Å². The Morgan fingerprint density at radius 1 is 1.00 bits per heavy atom. The Morgan fingerprint density at radius 2 is 1.85 bits per heavy atom. The number of pyridine rings is 1. The summed E-state index contributed by atoms with van der Waals surface area (Å²) in [7, 11) is 0. The van der Waals surface area contributed by atoms with Gasteiger partial charge < -0.3 is 10.2 Å². The average molecular weight is 343 g/mol. The standard InChI is InChI=1S/C22H21N3O/c1-16-5-4-8-19(13-16)24-20-9-10-21(23-14-20)22(26)25-12-11-17-6-2-3-7-18(17)15-25/h2-10,13-14,24H,11-12,15H2,1H3. The van der Waals surface area contributed by atoms with Gasteiger partial charge in [-0.3, -0.25) is 4.79 Å². The van der Waals surface area contributed by atoms with Gasteiger partial charge in [-0.1, -0.05) is 36.4 Å². The zero-order valence-corrected chi connectivity index (χ0v) is 14.8. The van der Waals surface area contributed by atoms with Gasteiger partial charge in [-0.25, -0.2) is 4.98 Å². The summed E-state index contributed by atoms with van der Waals surface area (Å²) in [6.07, 6.45) is 2.61. The lowest BCUT2D eigenvalue weighted by molar-refractivity contribution is 0.0729. The second-order valence-electron chi connectivity index (χ2n) is 6.67. The van der Waals surface area contributed by atoms with Crippen LogP contribution < -0.4 is 5.32 Å². The summed E-state index contributed by atoms with van der Waals surface area (Å²) in [4.78, 5) is 19.0. The molecule has 0 aliphatic carbocycles. The Morgan fingerprint density at radius 3 is 2.62 bits per heavy atom. The minimum Gasteiger partial charge on any atom is -0.354 e. The first kappa shape index (κ1) is 16.3. The molecule has 26 heavy (non-hydrogen) atoms. The summed E-state index contributed by atoms with van der Waals surface area (Å²) < 4.78 is 0. The number of anilines is 2. The van der Waals surface area contributed by atoms with Crippen LogP contribution in [0.4, 0.5) is 11.4 Å². The van der Waals surface area contributed by atoms with Gasteiger partial charge in [0.15, 0.2) is 0 Å². The highest BCUT2D eigenvalue weighted by Crippen LogP contribution is 2.21. The Bertz CT molecular complexity index is 934. The van der Waals surface area contributed by atoms with Crippen molar-refractivity contribution in [3.63, 3.8) is 0 Å². The first-order valence-electron chi connectivity index (χ1n) is 8.85.